The van der Waals surface area contributed by atoms with Crippen LogP contribution in [0.4, 0.5) is 0 Å². The number of hydrogen-bond acceptors (Lipinski definition) is 4. The summed E-state index contributed by atoms with van der Waals surface area (Å²) in [5.74, 6) is 0.109. The molecule has 3 N–H and O–H groups in total. The Balaban J connectivity index is 2.96. The van der Waals surface area contributed by atoms with Crippen molar-refractivity contribution in [2.45, 2.75) is 19.4 Å². The van der Waals surface area contributed by atoms with E-state index in [1.54, 1.807) is 25.1 Å². The number of benzene rings is 1. The van der Waals surface area contributed by atoms with Crippen molar-refractivity contribution in [3.05, 3.63) is 29.8 Å². The van der Waals surface area contributed by atoms with Gasteiger partial charge < -0.3 is 9.92 Å². The molecule has 0 amide bonds. The second-order valence-electron chi connectivity index (χ2n) is 3.30. The molecule has 0 aliphatic rings. The first kappa shape index (κ1) is 12.0. The predicted octanol–water partition coefficient (Wildman–Crippen LogP) is 0.758. The summed E-state index contributed by atoms with van der Waals surface area (Å²) in [4.78, 5) is 0. The van der Waals surface area contributed by atoms with Crippen molar-refractivity contribution in [3.8, 4) is 5.75 Å². The van der Waals surface area contributed by atoms with Crippen molar-refractivity contribution in [1.82, 2.24) is 0 Å². The largest absolute Gasteiger partial charge is 0.446 e. The molecule has 5 nitrogen and oxygen atoms in total. The average molecular weight is 231 g/mol. The molecule has 1 atom stereocenters. The van der Waals surface area contributed by atoms with Gasteiger partial charge in [-0.3, -0.25) is 4.55 Å². The SMILES string of the molecule is CC(N)Cc1ccccc1OS(=O)(=O)O. The molecule has 1 unspecified atom stereocenters. The summed E-state index contributed by atoms with van der Waals surface area (Å²) in [5, 5.41) is 0. The van der Waals surface area contributed by atoms with Crippen LogP contribution in [0.15, 0.2) is 24.3 Å². The average Bonchev–Trinajstić information content (AvgIpc) is 2.05. The molecular weight excluding hydrogens is 218 g/mol. The summed E-state index contributed by atoms with van der Waals surface area (Å²) in [6, 6.07) is 6.41. The molecule has 6 heteroatoms. The minimum absolute atomic E-state index is 0.109. The fourth-order valence-corrected chi connectivity index (χ4v) is 1.60. The Morgan fingerprint density at radius 1 is 1.47 bits per heavy atom. The third-order valence-corrected chi connectivity index (χ3v) is 2.10. The van der Waals surface area contributed by atoms with Crippen LogP contribution in [0.25, 0.3) is 0 Å². The van der Waals surface area contributed by atoms with Crippen molar-refractivity contribution >= 4 is 10.4 Å². The molecule has 0 saturated heterocycles. The fraction of sp³-hybridized carbons (Fsp3) is 0.333. The van der Waals surface area contributed by atoms with Crippen LogP contribution in [0, 0.1) is 0 Å². The normalized spacial score (nSPS) is 13.5. The maximum Gasteiger partial charge on any atom is 0.446 e. The van der Waals surface area contributed by atoms with Crippen molar-refractivity contribution in [2.24, 2.45) is 5.73 Å². The number of para-hydroxylation sites is 1. The Hall–Kier alpha value is -1.11. The topological polar surface area (TPSA) is 89.6 Å². The number of nitrogens with two attached hydrogens (primary N) is 1. The quantitative estimate of drug-likeness (QED) is 0.746. The first-order chi connectivity index (χ1) is 6.88. The van der Waals surface area contributed by atoms with E-state index in [-0.39, 0.29) is 11.8 Å². The lowest BCUT2D eigenvalue weighted by Gasteiger charge is -2.10. The Bertz CT molecular complexity index is 427. The smallest absolute Gasteiger partial charge is 0.362 e. The zero-order valence-electron chi connectivity index (χ0n) is 8.25. The summed E-state index contributed by atoms with van der Waals surface area (Å²) in [7, 11) is -4.48. The fourth-order valence-electron chi connectivity index (χ4n) is 1.21. The van der Waals surface area contributed by atoms with Gasteiger partial charge in [-0.05, 0) is 25.0 Å². The van der Waals surface area contributed by atoms with Gasteiger partial charge in [-0.25, -0.2) is 0 Å². The van der Waals surface area contributed by atoms with Gasteiger partial charge in [0.05, 0.1) is 0 Å². The molecule has 0 fully saturated rings. The summed E-state index contributed by atoms with van der Waals surface area (Å²) in [6.07, 6.45) is 0.478. The molecule has 0 bridgehead atoms. The Morgan fingerprint density at radius 3 is 2.60 bits per heavy atom. The van der Waals surface area contributed by atoms with E-state index >= 15 is 0 Å². The molecule has 0 radical (unpaired) electrons. The minimum Gasteiger partial charge on any atom is -0.362 e. The first-order valence-corrected chi connectivity index (χ1v) is 5.75. The van der Waals surface area contributed by atoms with E-state index in [4.69, 9.17) is 10.3 Å². The molecule has 0 aromatic heterocycles. The molecule has 0 heterocycles. The van der Waals surface area contributed by atoms with Gasteiger partial charge in [0.2, 0.25) is 0 Å². The maximum absolute atomic E-state index is 10.5. The molecule has 0 spiro atoms. The van der Waals surface area contributed by atoms with Crippen LogP contribution in [0.3, 0.4) is 0 Å². The lowest BCUT2D eigenvalue weighted by atomic mass is 10.1. The summed E-state index contributed by atoms with van der Waals surface area (Å²) in [6.45, 7) is 1.80. The molecule has 0 saturated carbocycles. The molecule has 1 rings (SSSR count). The molecule has 0 aliphatic heterocycles. The van der Waals surface area contributed by atoms with Gasteiger partial charge in [0.15, 0.2) is 0 Å². The standard InChI is InChI=1S/C9H13NO4S/c1-7(10)6-8-4-2-3-5-9(8)14-15(11,12)13/h2-5,7H,6,10H2,1H3,(H,11,12,13). The van der Waals surface area contributed by atoms with Crippen LogP contribution in [-0.2, 0) is 16.8 Å². The van der Waals surface area contributed by atoms with Crippen molar-refractivity contribution in [3.63, 3.8) is 0 Å². The zero-order valence-corrected chi connectivity index (χ0v) is 9.07. The van der Waals surface area contributed by atoms with Crippen LogP contribution >= 0.6 is 0 Å². The second kappa shape index (κ2) is 4.61. The Labute approximate surface area is 88.8 Å². The van der Waals surface area contributed by atoms with Crippen molar-refractivity contribution < 1.29 is 17.2 Å². The first-order valence-electron chi connectivity index (χ1n) is 4.39. The summed E-state index contributed by atoms with van der Waals surface area (Å²) < 4.78 is 34.0. The van der Waals surface area contributed by atoms with Gasteiger partial charge >= 0.3 is 10.4 Å². The minimum atomic E-state index is -4.48. The van der Waals surface area contributed by atoms with Crippen LogP contribution < -0.4 is 9.92 Å². The lowest BCUT2D eigenvalue weighted by molar-refractivity contribution is 0.384. The van der Waals surface area contributed by atoms with E-state index in [0.717, 1.165) is 0 Å². The number of rotatable bonds is 4. The van der Waals surface area contributed by atoms with Crippen LogP contribution in [0.5, 0.6) is 5.75 Å². The molecule has 0 aliphatic carbocycles. The predicted molar refractivity (Wildman–Crippen MR) is 56.0 cm³/mol. The van der Waals surface area contributed by atoms with Gasteiger partial charge in [-0.15, -0.1) is 0 Å². The Morgan fingerprint density at radius 2 is 2.07 bits per heavy atom. The van der Waals surface area contributed by atoms with E-state index in [2.05, 4.69) is 4.18 Å². The van der Waals surface area contributed by atoms with Crippen molar-refractivity contribution in [1.29, 1.82) is 0 Å². The highest BCUT2D eigenvalue weighted by Crippen LogP contribution is 2.20. The second-order valence-corrected chi connectivity index (χ2v) is 4.32. The summed E-state index contributed by atoms with van der Waals surface area (Å²) >= 11 is 0. The molecule has 1 aromatic carbocycles. The monoisotopic (exact) mass is 231 g/mol. The van der Waals surface area contributed by atoms with Gasteiger partial charge in [0.25, 0.3) is 0 Å². The molecular formula is C9H13NO4S. The van der Waals surface area contributed by atoms with Crippen molar-refractivity contribution in [2.75, 3.05) is 0 Å². The third-order valence-electron chi connectivity index (χ3n) is 1.71. The van der Waals surface area contributed by atoms with Crippen LogP contribution in [0.1, 0.15) is 12.5 Å². The highest BCUT2D eigenvalue weighted by atomic mass is 32.3. The van der Waals surface area contributed by atoms with Crippen LogP contribution in [-0.4, -0.2) is 19.0 Å². The van der Waals surface area contributed by atoms with E-state index in [0.29, 0.717) is 12.0 Å². The number of hydrogen-bond donors (Lipinski definition) is 2. The van der Waals surface area contributed by atoms with E-state index in [9.17, 15) is 8.42 Å². The van der Waals surface area contributed by atoms with Gasteiger partial charge in [-0.1, -0.05) is 18.2 Å². The highest BCUT2D eigenvalue weighted by Gasteiger charge is 2.11. The van der Waals surface area contributed by atoms with E-state index < -0.39 is 10.4 Å². The summed E-state index contributed by atoms with van der Waals surface area (Å²) in [5.41, 5.74) is 6.23. The highest BCUT2D eigenvalue weighted by molar-refractivity contribution is 7.81. The molecule has 1 aromatic rings. The van der Waals surface area contributed by atoms with Gasteiger partial charge in [0, 0.05) is 6.04 Å². The van der Waals surface area contributed by atoms with E-state index in [1.165, 1.54) is 6.07 Å². The van der Waals surface area contributed by atoms with Gasteiger partial charge in [0.1, 0.15) is 5.75 Å². The zero-order chi connectivity index (χ0) is 11.5. The third kappa shape index (κ3) is 4.28. The Kier molecular flexibility index (Phi) is 3.67. The molecule has 15 heavy (non-hydrogen) atoms. The van der Waals surface area contributed by atoms with E-state index in [1.807, 2.05) is 0 Å². The molecule has 84 valence electrons. The lowest BCUT2D eigenvalue weighted by Crippen LogP contribution is -2.19. The van der Waals surface area contributed by atoms with Gasteiger partial charge in [-0.2, -0.15) is 8.42 Å². The maximum atomic E-state index is 10.5. The van der Waals surface area contributed by atoms with Crippen LogP contribution in [0.2, 0.25) is 0 Å².